The number of amides is 2. The van der Waals surface area contributed by atoms with E-state index in [1.54, 1.807) is 30.1 Å². The minimum atomic E-state index is -0.374. The van der Waals surface area contributed by atoms with Gasteiger partial charge in [0.15, 0.2) is 5.78 Å². The lowest BCUT2D eigenvalue weighted by molar-refractivity contribution is -0.110. The highest BCUT2D eigenvalue weighted by atomic mass is 16.2. The summed E-state index contributed by atoms with van der Waals surface area (Å²) in [6, 6.07) is 5.33. The smallest absolute Gasteiger partial charge is 0.256 e. The number of aryl methyl sites for hydroxylation is 1. The zero-order valence-corrected chi connectivity index (χ0v) is 19.5. The van der Waals surface area contributed by atoms with Crippen LogP contribution in [0.5, 0.6) is 0 Å². The van der Waals surface area contributed by atoms with E-state index in [-0.39, 0.29) is 23.0 Å². The number of nitrogens with one attached hydrogen (secondary N) is 2. The number of hydrogen-bond acceptors (Lipinski definition) is 3. The van der Waals surface area contributed by atoms with Crippen LogP contribution in [0.1, 0.15) is 83.3 Å². The molecule has 1 aliphatic heterocycles. The third-order valence-corrected chi connectivity index (χ3v) is 6.74. The number of aromatic nitrogens is 1. The van der Waals surface area contributed by atoms with Crippen LogP contribution in [0.15, 0.2) is 18.2 Å². The van der Waals surface area contributed by atoms with Crippen molar-refractivity contribution in [2.75, 3.05) is 18.9 Å². The molecular weight excluding hydrogens is 402 g/mol. The van der Waals surface area contributed by atoms with E-state index >= 15 is 0 Å². The van der Waals surface area contributed by atoms with Gasteiger partial charge in [0.2, 0.25) is 0 Å². The van der Waals surface area contributed by atoms with Gasteiger partial charge in [-0.3, -0.25) is 14.4 Å². The second-order valence-corrected chi connectivity index (χ2v) is 9.58. The predicted molar refractivity (Wildman–Crippen MR) is 127 cm³/mol. The van der Waals surface area contributed by atoms with Crippen LogP contribution in [0.2, 0.25) is 0 Å². The van der Waals surface area contributed by atoms with Gasteiger partial charge in [-0.05, 0) is 56.0 Å². The molecule has 6 heteroatoms. The fourth-order valence-corrected chi connectivity index (χ4v) is 4.53. The highest BCUT2D eigenvalue weighted by Gasteiger charge is 2.37. The molecule has 0 atom stereocenters. The van der Waals surface area contributed by atoms with E-state index in [4.69, 9.17) is 0 Å². The zero-order chi connectivity index (χ0) is 23.2. The van der Waals surface area contributed by atoms with Crippen molar-refractivity contribution in [1.29, 1.82) is 0 Å². The Hall–Kier alpha value is -3.15. The Kier molecular flexibility index (Phi) is 5.57. The second kappa shape index (κ2) is 8.08. The molecule has 0 fully saturated rings. The monoisotopic (exact) mass is 433 g/mol. The van der Waals surface area contributed by atoms with Gasteiger partial charge in [0.05, 0.1) is 5.57 Å². The van der Waals surface area contributed by atoms with Crippen LogP contribution in [0.3, 0.4) is 0 Å². The number of unbranched alkanes of at least 4 members (excludes halogenated alkanes) is 1. The van der Waals surface area contributed by atoms with Gasteiger partial charge in [-0.25, -0.2) is 0 Å². The molecule has 6 nitrogen and oxygen atoms in total. The number of nitrogens with zero attached hydrogens (tertiary/aromatic N) is 1. The maximum absolute atomic E-state index is 13.0. The molecule has 2 N–H and O–H groups in total. The van der Waals surface area contributed by atoms with E-state index in [9.17, 15) is 14.4 Å². The van der Waals surface area contributed by atoms with Crippen LogP contribution < -0.4 is 5.32 Å². The van der Waals surface area contributed by atoms with E-state index in [1.807, 2.05) is 26.8 Å². The van der Waals surface area contributed by atoms with Crippen LogP contribution in [0.25, 0.3) is 11.6 Å². The predicted octanol–water partition coefficient (Wildman–Crippen LogP) is 4.84. The van der Waals surface area contributed by atoms with Gasteiger partial charge in [-0.2, -0.15) is 0 Å². The van der Waals surface area contributed by atoms with Crippen LogP contribution in [0, 0.1) is 12.3 Å². The summed E-state index contributed by atoms with van der Waals surface area (Å²) < 4.78 is 0. The first-order valence-corrected chi connectivity index (χ1v) is 11.3. The summed E-state index contributed by atoms with van der Waals surface area (Å²) in [5, 5.41) is 2.89. The molecule has 32 heavy (non-hydrogen) atoms. The second-order valence-electron chi connectivity index (χ2n) is 9.58. The molecule has 0 saturated carbocycles. The van der Waals surface area contributed by atoms with Crippen molar-refractivity contribution in [3.8, 4) is 0 Å². The number of Topliss-reactive ketones (excluding diaryl/α,β-unsaturated/α-hetero) is 1. The average Bonchev–Trinajstić information content (AvgIpc) is 3.25. The first kappa shape index (κ1) is 22.1. The van der Waals surface area contributed by atoms with E-state index in [0.29, 0.717) is 28.9 Å². The number of anilines is 1. The standard InChI is InChI=1S/C26H31N3O3/c1-6-7-12-29(5)25(32)16-8-9-19-17(13-16)18(24(31)28-19)14-21-15(2)22-20(27-21)10-11-26(3,4)23(22)30/h8-9,13-14,27H,6-7,10-12H2,1-5H3,(H,28,31)/b18-14-. The Balaban J connectivity index is 1.71. The summed E-state index contributed by atoms with van der Waals surface area (Å²) >= 11 is 0. The number of fused-ring (bicyclic) bond motifs is 2. The lowest BCUT2D eigenvalue weighted by Gasteiger charge is -2.28. The van der Waals surface area contributed by atoms with Gasteiger partial charge < -0.3 is 15.2 Å². The zero-order valence-electron chi connectivity index (χ0n) is 19.5. The molecule has 1 aromatic heterocycles. The molecule has 0 radical (unpaired) electrons. The quantitative estimate of drug-likeness (QED) is 0.662. The number of carbonyl (C=O) groups excluding carboxylic acids is 3. The number of hydrogen-bond donors (Lipinski definition) is 2. The molecule has 0 saturated heterocycles. The Morgan fingerprint density at radius 1 is 1.25 bits per heavy atom. The van der Waals surface area contributed by atoms with Gasteiger partial charge in [0, 0.05) is 52.8 Å². The number of rotatable bonds is 5. The molecule has 1 aliphatic carbocycles. The molecule has 0 bridgehead atoms. The third kappa shape index (κ3) is 3.68. The van der Waals surface area contributed by atoms with Crippen LogP contribution in [-0.4, -0.2) is 41.1 Å². The van der Waals surface area contributed by atoms with E-state index in [1.165, 1.54) is 0 Å². The first-order valence-electron chi connectivity index (χ1n) is 11.3. The first-order chi connectivity index (χ1) is 15.1. The summed E-state index contributed by atoms with van der Waals surface area (Å²) in [6.07, 6.45) is 5.39. The fraction of sp³-hybridized carbons (Fsp3) is 0.423. The van der Waals surface area contributed by atoms with Gasteiger partial charge in [-0.15, -0.1) is 0 Å². The minimum absolute atomic E-state index is 0.0562. The number of aromatic amines is 1. The SMILES string of the molecule is CCCCN(C)C(=O)c1ccc2c(c1)/C(=C/c1[nH]c3c(c1C)C(=O)C(C)(C)CC3)C(=O)N2. The van der Waals surface area contributed by atoms with Crippen LogP contribution >= 0.6 is 0 Å². The van der Waals surface area contributed by atoms with Crippen molar-refractivity contribution >= 4 is 34.9 Å². The number of carbonyl (C=O) groups is 3. The number of ketones is 1. The topological polar surface area (TPSA) is 82.3 Å². The van der Waals surface area contributed by atoms with Crippen LogP contribution in [0.4, 0.5) is 5.69 Å². The minimum Gasteiger partial charge on any atom is -0.358 e. The molecule has 0 unspecified atom stereocenters. The largest absolute Gasteiger partial charge is 0.358 e. The normalized spacial score (nSPS) is 17.8. The highest BCUT2D eigenvalue weighted by molar-refractivity contribution is 6.35. The lowest BCUT2D eigenvalue weighted by atomic mass is 9.74. The van der Waals surface area contributed by atoms with Gasteiger partial charge >= 0.3 is 0 Å². The maximum atomic E-state index is 13.0. The summed E-state index contributed by atoms with van der Waals surface area (Å²) in [5.74, 6) is -0.113. The van der Waals surface area contributed by atoms with Gasteiger partial charge in [-0.1, -0.05) is 27.2 Å². The molecule has 0 spiro atoms. The maximum Gasteiger partial charge on any atom is 0.256 e. The lowest BCUT2D eigenvalue weighted by Crippen LogP contribution is -2.30. The van der Waals surface area contributed by atoms with Gasteiger partial charge in [0.25, 0.3) is 11.8 Å². The van der Waals surface area contributed by atoms with E-state index < -0.39 is 0 Å². The summed E-state index contributed by atoms with van der Waals surface area (Å²) in [6.45, 7) is 8.69. The molecule has 1 aromatic carbocycles. The molecule has 2 amide bonds. The molecule has 168 valence electrons. The third-order valence-electron chi connectivity index (χ3n) is 6.74. The fourth-order valence-electron chi connectivity index (χ4n) is 4.53. The van der Waals surface area contributed by atoms with Crippen molar-refractivity contribution in [3.05, 3.63) is 51.8 Å². The Bertz CT molecular complexity index is 1150. The van der Waals surface area contributed by atoms with Crippen molar-refractivity contribution in [2.24, 2.45) is 5.41 Å². The highest BCUT2D eigenvalue weighted by Crippen LogP contribution is 2.39. The molecular formula is C26H31N3O3. The van der Waals surface area contributed by atoms with Crippen LogP contribution in [-0.2, 0) is 11.2 Å². The molecule has 4 rings (SSSR count). The Labute approximate surface area is 189 Å². The van der Waals surface area contributed by atoms with Crippen molar-refractivity contribution < 1.29 is 14.4 Å². The Morgan fingerprint density at radius 2 is 2.00 bits per heavy atom. The molecule has 2 aliphatic rings. The van der Waals surface area contributed by atoms with Crippen molar-refractivity contribution in [3.63, 3.8) is 0 Å². The summed E-state index contributed by atoms with van der Waals surface area (Å²) in [5.41, 5.74) is 5.44. The average molecular weight is 434 g/mol. The number of H-pyrrole nitrogens is 1. The number of benzene rings is 1. The summed E-state index contributed by atoms with van der Waals surface area (Å²) in [7, 11) is 1.80. The Morgan fingerprint density at radius 3 is 2.72 bits per heavy atom. The summed E-state index contributed by atoms with van der Waals surface area (Å²) in [4.78, 5) is 43.7. The van der Waals surface area contributed by atoms with E-state index in [2.05, 4.69) is 17.2 Å². The molecule has 2 aromatic rings. The van der Waals surface area contributed by atoms with Gasteiger partial charge in [0.1, 0.15) is 0 Å². The van der Waals surface area contributed by atoms with E-state index in [0.717, 1.165) is 48.2 Å². The van der Waals surface area contributed by atoms with Crippen molar-refractivity contribution in [1.82, 2.24) is 9.88 Å². The molecule has 2 heterocycles. The van der Waals surface area contributed by atoms with Crippen molar-refractivity contribution in [2.45, 2.75) is 53.4 Å².